The van der Waals surface area contributed by atoms with E-state index in [1.54, 1.807) is 4.90 Å². The minimum Gasteiger partial charge on any atom is -0.410 e. The van der Waals surface area contributed by atoms with E-state index in [2.05, 4.69) is 18.2 Å². The second kappa shape index (κ2) is 7.89. The lowest BCUT2D eigenvalue weighted by molar-refractivity contribution is 0.210. The third-order valence-electron chi connectivity index (χ3n) is 4.51. The van der Waals surface area contributed by atoms with Gasteiger partial charge in [0.05, 0.1) is 11.4 Å². The molecule has 0 atom stereocenters. The Hall–Kier alpha value is -3.07. The molecule has 0 spiro atoms. The first-order chi connectivity index (χ1) is 13.2. The third kappa shape index (κ3) is 4.61. The number of carbonyl (C=O) groups is 1. The second-order valence-corrected chi connectivity index (χ2v) is 7.72. The molecular formula is C25H27NO2. The van der Waals surface area contributed by atoms with Gasteiger partial charge in [-0.1, -0.05) is 18.2 Å². The molecule has 0 fully saturated rings. The van der Waals surface area contributed by atoms with Crippen molar-refractivity contribution in [3.05, 3.63) is 88.0 Å². The van der Waals surface area contributed by atoms with E-state index < -0.39 is 6.09 Å². The highest BCUT2D eigenvalue weighted by Gasteiger charge is 2.22. The lowest BCUT2D eigenvalue weighted by atomic mass is 10.1. The summed E-state index contributed by atoms with van der Waals surface area (Å²) in [5.74, 6) is 0.557. The Morgan fingerprint density at radius 1 is 0.571 bits per heavy atom. The molecule has 0 saturated carbocycles. The predicted octanol–water partition coefficient (Wildman–Crippen LogP) is 6.87. The lowest BCUT2D eigenvalue weighted by Gasteiger charge is -2.24. The van der Waals surface area contributed by atoms with E-state index in [0.717, 1.165) is 44.8 Å². The Kier molecular flexibility index (Phi) is 5.55. The van der Waals surface area contributed by atoms with Crippen molar-refractivity contribution >= 4 is 17.5 Å². The standard InChI is InChI=1S/C25H27NO2/c1-16-7-17(2)11-22(10-16)26(23-12-18(3)8-19(4)13-23)25(27)28-24-14-20(5)9-21(6)15-24/h7-15H,1-6H3. The number of carbonyl (C=O) groups excluding carboxylic acids is 1. The molecule has 0 unspecified atom stereocenters. The van der Waals surface area contributed by atoms with Gasteiger partial charge in [0.15, 0.2) is 0 Å². The summed E-state index contributed by atoms with van der Waals surface area (Å²) in [6.07, 6.45) is -0.417. The van der Waals surface area contributed by atoms with Crippen molar-refractivity contribution in [1.29, 1.82) is 0 Å². The van der Waals surface area contributed by atoms with E-state index in [1.165, 1.54) is 0 Å². The largest absolute Gasteiger partial charge is 0.424 e. The van der Waals surface area contributed by atoms with E-state index >= 15 is 0 Å². The van der Waals surface area contributed by atoms with E-state index in [4.69, 9.17) is 4.74 Å². The Labute approximate surface area is 167 Å². The maximum Gasteiger partial charge on any atom is 0.424 e. The van der Waals surface area contributed by atoms with Crippen LogP contribution in [0.15, 0.2) is 54.6 Å². The van der Waals surface area contributed by atoms with Crippen molar-refractivity contribution in [2.24, 2.45) is 0 Å². The predicted molar refractivity (Wildman–Crippen MR) is 116 cm³/mol. The molecule has 0 aromatic heterocycles. The highest BCUT2D eigenvalue weighted by Crippen LogP contribution is 2.30. The van der Waals surface area contributed by atoms with Gasteiger partial charge in [-0.2, -0.15) is 0 Å². The molecule has 3 rings (SSSR count). The van der Waals surface area contributed by atoms with Gasteiger partial charge in [0.1, 0.15) is 5.75 Å². The van der Waals surface area contributed by atoms with Gasteiger partial charge in [-0.25, -0.2) is 9.69 Å². The Balaban J connectivity index is 2.08. The Morgan fingerprint density at radius 2 is 0.893 bits per heavy atom. The molecule has 3 aromatic carbocycles. The van der Waals surface area contributed by atoms with Crippen molar-refractivity contribution < 1.29 is 9.53 Å². The third-order valence-corrected chi connectivity index (χ3v) is 4.51. The molecular weight excluding hydrogens is 346 g/mol. The van der Waals surface area contributed by atoms with E-state index in [-0.39, 0.29) is 0 Å². The summed E-state index contributed by atoms with van der Waals surface area (Å²) in [5.41, 5.74) is 8.13. The smallest absolute Gasteiger partial charge is 0.410 e. The summed E-state index contributed by atoms with van der Waals surface area (Å²) in [4.78, 5) is 14.9. The molecule has 1 amide bonds. The van der Waals surface area contributed by atoms with Gasteiger partial charge in [0.2, 0.25) is 0 Å². The molecule has 0 heterocycles. The van der Waals surface area contributed by atoms with Crippen molar-refractivity contribution in [3.8, 4) is 5.75 Å². The molecule has 28 heavy (non-hydrogen) atoms. The van der Waals surface area contributed by atoms with Gasteiger partial charge in [0.25, 0.3) is 0 Å². The number of amides is 1. The second-order valence-electron chi connectivity index (χ2n) is 7.72. The average molecular weight is 373 g/mol. The van der Waals surface area contributed by atoms with Gasteiger partial charge in [-0.05, 0) is 111 Å². The first kappa shape index (κ1) is 19.7. The number of anilines is 2. The van der Waals surface area contributed by atoms with Gasteiger partial charge in [0, 0.05) is 0 Å². The monoisotopic (exact) mass is 373 g/mol. The number of nitrogens with zero attached hydrogens (tertiary/aromatic N) is 1. The van der Waals surface area contributed by atoms with Crippen molar-refractivity contribution in [2.45, 2.75) is 41.5 Å². The zero-order valence-electron chi connectivity index (χ0n) is 17.5. The van der Waals surface area contributed by atoms with Crippen LogP contribution in [-0.4, -0.2) is 6.09 Å². The van der Waals surface area contributed by atoms with Crippen LogP contribution in [-0.2, 0) is 0 Å². The van der Waals surface area contributed by atoms with Crippen LogP contribution in [0.4, 0.5) is 16.2 Å². The van der Waals surface area contributed by atoms with Gasteiger partial charge in [-0.15, -0.1) is 0 Å². The number of rotatable bonds is 3. The fourth-order valence-corrected chi connectivity index (χ4v) is 3.66. The minimum absolute atomic E-state index is 0.417. The van der Waals surface area contributed by atoms with E-state index in [9.17, 15) is 4.79 Å². The van der Waals surface area contributed by atoms with Crippen LogP contribution in [0.1, 0.15) is 33.4 Å². The first-order valence-corrected chi connectivity index (χ1v) is 9.48. The highest BCUT2D eigenvalue weighted by molar-refractivity contribution is 5.97. The molecule has 0 bridgehead atoms. The maximum absolute atomic E-state index is 13.3. The van der Waals surface area contributed by atoms with Crippen LogP contribution < -0.4 is 9.64 Å². The molecule has 3 nitrogen and oxygen atoms in total. The zero-order valence-corrected chi connectivity index (χ0v) is 17.5. The normalized spacial score (nSPS) is 10.6. The SMILES string of the molecule is Cc1cc(C)cc(OC(=O)N(c2cc(C)cc(C)c2)c2cc(C)cc(C)c2)c1. The van der Waals surface area contributed by atoms with Crippen LogP contribution in [0.3, 0.4) is 0 Å². The molecule has 3 aromatic rings. The summed E-state index contributed by atoms with van der Waals surface area (Å²) >= 11 is 0. The summed E-state index contributed by atoms with van der Waals surface area (Å²) in [7, 11) is 0. The van der Waals surface area contributed by atoms with Crippen molar-refractivity contribution in [1.82, 2.24) is 0 Å². The summed E-state index contributed by atoms with van der Waals surface area (Å²) in [5, 5.41) is 0. The molecule has 3 heteroatoms. The Morgan fingerprint density at radius 3 is 1.25 bits per heavy atom. The average Bonchev–Trinajstić information content (AvgIpc) is 2.51. The number of benzene rings is 3. The number of aryl methyl sites for hydroxylation is 6. The molecule has 144 valence electrons. The summed E-state index contributed by atoms with van der Waals surface area (Å²) in [6, 6.07) is 18.0. The summed E-state index contributed by atoms with van der Waals surface area (Å²) < 4.78 is 5.79. The molecule has 0 N–H and O–H groups in total. The van der Waals surface area contributed by atoms with Crippen molar-refractivity contribution in [2.75, 3.05) is 4.90 Å². The fourth-order valence-electron chi connectivity index (χ4n) is 3.66. The maximum atomic E-state index is 13.3. The van der Waals surface area contributed by atoms with E-state index in [0.29, 0.717) is 5.75 Å². The number of ether oxygens (including phenoxy) is 1. The first-order valence-electron chi connectivity index (χ1n) is 9.48. The molecule has 0 aliphatic rings. The van der Waals surface area contributed by atoms with E-state index in [1.807, 2.05) is 77.9 Å². The molecule has 0 aliphatic heterocycles. The van der Waals surface area contributed by atoms with Crippen LogP contribution in [0.5, 0.6) is 5.75 Å². The molecule has 0 aliphatic carbocycles. The number of hydrogen-bond acceptors (Lipinski definition) is 2. The Bertz CT molecular complexity index is 924. The number of hydrogen-bond donors (Lipinski definition) is 0. The summed E-state index contributed by atoms with van der Waals surface area (Å²) in [6.45, 7) is 12.1. The van der Waals surface area contributed by atoms with Gasteiger partial charge in [-0.3, -0.25) is 0 Å². The molecule has 0 saturated heterocycles. The van der Waals surface area contributed by atoms with Crippen LogP contribution in [0.25, 0.3) is 0 Å². The van der Waals surface area contributed by atoms with Crippen LogP contribution in [0.2, 0.25) is 0 Å². The highest BCUT2D eigenvalue weighted by atomic mass is 16.6. The topological polar surface area (TPSA) is 29.5 Å². The van der Waals surface area contributed by atoms with Gasteiger partial charge >= 0.3 is 6.09 Å². The lowest BCUT2D eigenvalue weighted by Crippen LogP contribution is -2.29. The minimum atomic E-state index is -0.417. The fraction of sp³-hybridized carbons (Fsp3) is 0.240. The van der Waals surface area contributed by atoms with Gasteiger partial charge < -0.3 is 4.74 Å². The molecule has 0 radical (unpaired) electrons. The van der Waals surface area contributed by atoms with Crippen molar-refractivity contribution in [3.63, 3.8) is 0 Å². The van der Waals surface area contributed by atoms with Crippen LogP contribution >= 0.6 is 0 Å². The quantitative estimate of drug-likeness (QED) is 0.501. The zero-order chi connectivity index (χ0) is 20.4. The van der Waals surface area contributed by atoms with Crippen LogP contribution in [0, 0.1) is 41.5 Å².